The molecule has 0 bridgehead atoms. The van der Waals surface area contributed by atoms with E-state index in [1.807, 2.05) is 12.1 Å². The van der Waals surface area contributed by atoms with Crippen LogP contribution in [0.15, 0.2) is 28.7 Å². The number of halogens is 1. The Balaban J connectivity index is 2.33. The third-order valence-electron chi connectivity index (χ3n) is 2.65. The van der Waals surface area contributed by atoms with Crippen molar-refractivity contribution in [2.24, 2.45) is 5.73 Å². The molecule has 2 heteroatoms. The third kappa shape index (κ3) is 1.29. The van der Waals surface area contributed by atoms with Crippen molar-refractivity contribution < 1.29 is 0 Å². The minimum Gasteiger partial charge on any atom is -0.321 e. The van der Waals surface area contributed by atoms with Crippen LogP contribution in [0.3, 0.4) is 0 Å². The maximum atomic E-state index is 6.17. The van der Waals surface area contributed by atoms with Gasteiger partial charge in [0.05, 0.1) is 0 Å². The van der Waals surface area contributed by atoms with Gasteiger partial charge in [0, 0.05) is 10.0 Å². The highest BCUT2D eigenvalue weighted by atomic mass is 79.9. The first-order valence-electron chi connectivity index (χ1n) is 4.26. The zero-order valence-corrected chi connectivity index (χ0v) is 8.47. The van der Waals surface area contributed by atoms with E-state index in [9.17, 15) is 0 Å². The molecular formula is C10H12BrN. The predicted octanol–water partition coefficient (Wildman–Crippen LogP) is 2.79. The van der Waals surface area contributed by atoms with Crippen molar-refractivity contribution in [3.63, 3.8) is 0 Å². The fourth-order valence-electron chi connectivity index (χ4n) is 1.64. The van der Waals surface area contributed by atoms with Crippen molar-refractivity contribution in [1.82, 2.24) is 0 Å². The molecule has 1 aliphatic rings. The lowest BCUT2D eigenvalue weighted by Gasteiger charge is -2.38. The van der Waals surface area contributed by atoms with Crippen LogP contribution in [0, 0.1) is 0 Å². The van der Waals surface area contributed by atoms with Crippen LogP contribution in [-0.2, 0) is 5.54 Å². The highest BCUT2D eigenvalue weighted by Crippen LogP contribution is 2.39. The first-order chi connectivity index (χ1) is 5.71. The summed E-state index contributed by atoms with van der Waals surface area (Å²) in [7, 11) is 0. The van der Waals surface area contributed by atoms with Crippen molar-refractivity contribution in [2.75, 3.05) is 0 Å². The minimum atomic E-state index is -0.0240. The Bertz CT molecular complexity index is 292. The van der Waals surface area contributed by atoms with Gasteiger partial charge >= 0.3 is 0 Å². The summed E-state index contributed by atoms with van der Waals surface area (Å²) < 4.78 is 1.12. The van der Waals surface area contributed by atoms with Crippen molar-refractivity contribution in [1.29, 1.82) is 0 Å². The van der Waals surface area contributed by atoms with Crippen LogP contribution >= 0.6 is 15.9 Å². The van der Waals surface area contributed by atoms with Crippen LogP contribution in [0.4, 0.5) is 0 Å². The van der Waals surface area contributed by atoms with Crippen LogP contribution in [0.2, 0.25) is 0 Å². The molecule has 0 radical (unpaired) electrons. The molecule has 0 spiro atoms. The lowest BCUT2D eigenvalue weighted by molar-refractivity contribution is 0.253. The lowest BCUT2D eigenvalue weighted by Crippen LogP contribution is -2.43. The van der Waals surface area contributed by atoms with E-state index in [-0.39, 0.29) is 5.54 Å². The number of benzene rings is 1. The van der Waals surface area contributed by atoms with Gasteiger partial charge < -0.3 is 5.73 Å². The molecule has 2 N–H and O–H groups in total. The van der Waals surface area contributed by atoms with Crippen LogP contribution in [0.1, 0.15) is 24.8 Å². The molecule has 2 rings (SSSR count). The molecule has 1 saturated carbocycles. The Hall–Kier alpha value is -0.340. The molecule has 1 fully saturated rings. The molecule has 64 valence electrons. The number of hydrogen-bond donors (Lipinski definition) is 1. The molecule has 0 aromatic heterocycles. The van der Waals surface area contributed by atoms with Gasteiger partial charge in [-0.05, 0) is 37.0 Å². The molecule has 1 aromatic carbocycles. The van der Waals surface area contributed by atoms with Crippen LogP contribution in [-0.4, -0.2) is 0 Å². The molecule has 1 nitrogen and oxygen atoms in total. The average molecular weight is 226 g/mol. The summed E-state index contributed by atoms with van der Waals surface area (Å²) in [4.78, 5) is 0. The van der Waals surface area contributed by atoms with E-state index in [0.717, 1.165) is 17.3 Å². The fraction of sp³-hybridized carbons (Fsp3) is 0.400. The quantitative estimate of drug-likeness (QED) is 0.782. The first-order valence-corrected chi connectivity index (χ1v) is 5.05. The second kappa shape index (κ2) is 2.86. The summed E-state index contributed by atoms with van der Waals surface area (Å²) in [5.41, 5.74) is 7.41. The number of nitrogens with two attached hydrogens (primary N) is 1. The molecular weight excluding hydrogens is 214 g/mol. The average Bonchev–Trinajstić information content (AvgIpc) is 2.00. The van der Waals surface area contributed by atoms with E-state index in [0.29, 0.717) is 0 Å². The van der Waals surface area contributed by atoms with Crippen molar-refractivity contribution in [2.45, 2.75) is 24.8 Å². The SMILES string of the molecule is NC1(c2cccc(Br)c2)CCC1. The molecule has 0 heterocycles. The Labute approximate surface area is 81.1 Å². The highest BCUT2D eigenvalue weighted by molar-refractivity contribution is 9.10. The van der Waals surface area contributed by atoms with Gasteiger partial charge in [0.1, 0.15) is 0 Å². The summed E-state index contributed by atoms with van der Waals surface area (Å²) >= 11 is 3.45. The fourth-order valence-corrected chi connectivity index (χ4v) is 2.04. The standard InChI is InChI=1S/C10H12BrN/c11-9-4-1-3-8(7-9)10(12)5-2-6-10/h1,3-4,7H,2,5-6,12H2. The van der Waals surface area contributed by atoms with Crippen molar-refractivity contribution in [3.05, 3.63) is 34.3 Å². The van der Waals surface area contributed by atoms with E-state index >= 15 is 0 Å². The van der Waals surface area contributed by atoms with Crippen molar-refractivity contribution >= 4 is 15.9 Å². The normalized spacial score (nSPS) is 20.2. The van der Waals surface area contributed by atoms with Gasteiger partial charge in [-0.2, -0.15) is 0 Å². The summed E-state index contributed by atoms with van der Waals surface area (Å²) in [6, 6.07) is 8.32. The summed E-state index contributed by atoms with van der Waals surface area (Å²) in [6.07, 6.45) is 3.52. The topological polar surface area (TPSA) is 26.0 Å². The lowest BCUT2D eigenvalue weighted by atomic mass is 9.73. The van der Waals surface area contributed by atoms with Gasteiger partial charge in [-0.25, -0.2) is 0 Å². The van der Waals surface area contributed by atoms with Crippen LogP contribution < -0.4 is 5.73 Å². The highest BCUT2D eigenvalue weighted by Gasteiger charge is 2.34. The van der Waals surface area contributed by atoms with Crippen LogP contribution in [0.5, 0.6) is 0 Å². The number of rotatable bonds is 1. The molecule has 0 saturated heterocycles. The Morgan fingerprint density at radius 1 is 1.33 bits per heavy atom. The van der Waals surface area contributed by atoms with E-state index < -0.39 is 0 Å². The summed E-state index contributed by atoms with van der Waals surface area (Å²) in [5.74, 6) is 0. The number of hydrogen-bond acceptors (Lipinski definition) is 1. The van der Waals surface area contributed by atoms with Gasteiger partial charge in [0.25, 0.3) is 0 Å². The van der Waals surface area contributed by atoms with E-state index in [1.165, 1.54) is 12.0 Å². The molecule has 0 atom stereocenters. The Morgan fingerprint density at radius 3 is 2.58 bits per heavy atom. The van der Waals surface area contributed by atoms with E-state index in [4.69, 9.17) is 5.73 Å². The zero-order chi connectivity index (χ0) is 8.60. The third-order valence-corrected chi connectivity index (χ3v) is 3.14. The molecule has 1 aliphatic carbocycles. The van der Waals surface area contributed by atoms with Crippen molar-refractivity contribution in [3.8, 4) is 0 Å². The second-order valence-corrected chi connectivity index (χ2v) is 4.44. The second-order valence-electron chi connectivity index (χ2n) is 3.52. The Kier molecular flexibility index (Phi) is 1.97. The monoisotopic (exact) mass is 225 g/mol. The van der Waals surface area contributed by atoms with Gasteiger partial charge in [0.2, 0.25) is 0 Å². The zero-order valence-electron chi connectivity index (χ0n) is 6.89. The van der Waals surface area contributed by atoms with Gasteiger partial charge in [-0.1, -0.05) is 28.1 Å². The van der Waals surface area contributed by atoms with Gasteiger partial charge in [-0.15, -0.1) is 0 Å². The predicted molar refractivity (Wildman–Crippen MR) is 53.9 cm³/mol. The van der Waals surface area contributed by atoms with Gasteiger partial charge in [-0.3, -0.25) is 0 Å². The maximum Gasteiger partial charge on any atom is 0.0410 e. The molecule has 0 unspecified atom stereocenters. The first kappa shape index (κ1) is 8.27. The molecule has 1 aromatic rings. The molecule has 0 amide bonds. The summed E-state index contributed by atoms with van der Waals surface area (Å²) in [5, 5.41) is 0. The smallest absolute Gasteiger partial charge is 0.0410 e. The van der Waals surface area contributed by atoms with E-state index in [1.54, 1.807) is 0 Å². The largest absolute Gasteiger partial charge is 0.321 e. The maximum absolute atomic E-state index is 6.17. The Morgan fingerprint density at radius 2 is 2.08 bits per heavy atom. The van der Waals surface area contributed by atoms with Gasteiger partial charge in [0.15, 0.2) is 0 Å². The summed E-state index contributed by atoms with van der Waals surface area (Å²) in [6.45, 7) is 0. The van der Waals surface area contributed by atoms with E-state index in [2.05, 4.69) is 28.1 Å². The molecule has 0 aliphatic heterocycles. The minimum absolute atomic E-state index is 0.0240. The van der Waals surface area contributed by atoms with Crippen LogP contribution in [0.25, 0.3) is 0 Å². The molecule has 12 heavy (non-hydrogen) atoms.